The summed E-state index contributed by atoms with van der Waals surface area (Å²) in [4.78, 5) is 13.6. The summed E-state index contributed by atoms with van der Waals surface area (Å²) in [5, 5.41) is 4.49. The summed E-state index contributed by atoms with van der Waals surface area (Å²) in [5.74, 6) is -0.839. The standard InChI is InChI=1S/C12H19N2O4.CH3.U.V.W.Y/c1-4-7-18-11(15)14-8-12(16-2,17-3)10-9(14)5-6-13-10;;;;;/h4,9-10H,1,5-8H2,2-3H3;1H3;;;;/q2*-1;;;;. The van der Waals surface area contributed by atoms with Crippen LogP contribution in [-0.2, 0) is 86.5 Å². The molecule has 0 aromatic carbocycles. The van der Waals surface area contributed by atoms with Gasteiger partial charge in [0.05, 0.1) is 6.54 Å². The van der Waals surface area contributed by atoms with Crippen LogP contribution in [0.15, 0.2) is 12.7 Å². The van der Waals surface area contributed by atoms with E-state index in [1.807, 2.05) is 0 Å². The Morgan fingerprint density at radius 2 is 2.00 bits per heavy atom. The summed E-state index contributed by atoms with van der Waals surface area (Å²) in [5.41, 5.74) is 0. The molecule has 2 rings (SSSR count). The van der Waals surface area contributed by atoms with Crippen LogP contribution < -0.4 is 0 Å². The zero-order valence-corrected chi connectivity index (χ0v) is 25.1. The van der Waals surface area contributed by atoms with Gasteiger partial charge in [-0.1, -0.05) is 25.1 Å². The molecule has 0 aromatic rings. The van der Waals surface area contributed by atoms with Crippen LogP contribution in [0.4, 0.5) is 4.79 Å². The van der Waals surface area contributed by atoms with Crippen LogP contribution in [0.3, 0.4) is 0 Å². The second kappa shape index (κ2) is 15.4. The number of methoxy groups -OCH3 is 2. The summed E-state index contributed by atoms with van der Waals surface area (Å²) in [7, 11) is 3.15. The average molecular weight is 832 g/mol. The third kappa shape index (κ3) is 7.10. The number of carbonyl (C=O) groups is 1. The van der Waals surface area contributed by atoms with Crippen LogP contribution in [0.25, 0.3) is 5.32 Å². The molecule has 10 heteroatoms. The van der Waals surface area contributed by atoms with Crippen LogP contribution in [0.2, 0.25) is 0 Å². The zero-order valence-electron chi connectivity index (χ0n) is 13.7. The maximum atomic E-state index is 12.0. The van der Waals surface area contributed by atoms with E-state index in [2.05, 4.69) is 11.9 Å². The number of hydrogen-bond donors (Lipinski definition) is 0. The fourth-order valence-corrected chi connectivity index (χ4v) is 2.70. The molecule has 0 bridgehead atoms. The molecule has 2 radical (unpaired) electrons. The largest absolute Gasteiger partial charge is 0.653 e. The molecule has 2 unspecified atom stereocenters. The molecule has 2 saturated heterocycles. The minimum Gasteiger partial charge on any atom is -0.653 e. The van der Waals surface area contributed by atoms with Crippen molar-refractivity contribution < 1.29 is 122 Å². The van der Waals surface area contributed by atoms with Gasteiger partial charge in [-0.3, -0.25) is 0 Å². The van der Waals surface area contributed by atoms with E-state index in [9.17, 15) is 4.79 Å². The molecule has 128 valence electrons. The summed E-state index contributed by atoms with van der Waals surface area (Å²) in [6.07, 6.45) is 2.00. The molecular weight excluding hydrogens is 810 g/mol. The quantitative estimate of drug-likeness (QED) is 0.246. The van der Waals surface area contributed by atoms with E-state index in [1.165, 1.54) is 0 Å². The van der Waals surface area contributed by atoms with Crippen molar-refractivity contribution >= 4 is 6.09 Å². The first-order valence-electron chi connectivity index (χ1n) is 5.99. The smallest absolute Gasteiger partial charge is 0.410 e. The number of hydrogen-bond acceptors (Lipinski definition) is 4. The topological polar surface area (TPSA) is 62.1 Å². The predicted molar refractivity (Wildman–Crippen MR) is 71.8 cm³/mol. The Bertz CT molecular complexity index is 354. The monoisotopic (exact) mass is 832 g/mol. The first-order valence-corrected chi connectivity index (χ1v) is 5.99. The molecule has 2 aliphatic rings. The molecule has 0 aliphatic carbocycles. The van der Waals surface area contributed by atoms with Gasteiger partial charge in [0.2, 0.25) is 0 Å². The van der Waals surface area contributed by atoms with E-state index in [0.29, 0.717) is 6.54 Å². The fraction of sp³-hybridized carbons (Fsp3) is 0.692. The van der Waals surface area contributed by atoms with E-state index in [1.54, 1.807) is 25.2 Å². The van der Waals surface area contributed by atoms with E-state index in [4.69, 9.17) is 14.2 Å². The Morgan fingerprint density at radius 1 is 1.43 bits per heavy atom. The molecular formula is C13H22N2O4UVWY-2. The Balaban J connectivity index is -0.000000361. The summed E-state index contributed by atoms with van der Waals surface area (Å²) < 4.78 is 16.0. The van der Waals surface area contributed by atoms with Gasteiger partial charge < -0.3 is 31.9 Å². The second-order valence-electron chi connectivity index (χ2n) is 4.42. The van der Waals surface area contributed by atoms with Gasteiger partial charge in [-0.2, -0.15) is 0 Å². The van der Waals surface area contributed by atoms with Gasteiger partial charge >= 0.3 is 6.09 Å². The molecule has 1 amide bonds. The SMILES string of the molecule is C=CCOC(=O)N1CC(OC)(OC)C2[N-]CCC21.[CH3-].[U].[V].[W].[Y]. The Kier molecular flexibility index (Phi) is 22.0. The van der Waals surface area contributed by atoms with Crippen LogP contribution >= 0.6 is 0 Å². The van der Waals surface area contributed by atoms with E-state index < -0.39 is 5.79 Å². The van der Waals surface area contributed by atoms with Crippen LogP contribution in [0, 0.1) is 38.5 Å². The number of carbonyl (C=O) groups excluding carboxylic acids is 1. The van der Waals surface area contributed by atoms with Crippen molar-refractivity contribution in [1.82, 2.24) is 4.90 Å². The molecule has 2 atom stereocenters. The van der Waals surface area contributed by atoms with Gasteiger partial charge in [0, 0.05) is 124 Å². The Labute approximate surface area is 214 Å². The van der Waals surface area contributed by atoms with Crippen molar-refractivity contribution in [2.45, 2.75) is 24.3 Å². The minimum absolute atomic E-state index is 0. The summed E-state index contributed by atoms with van der Waals surface area (Å²) >= 11 is 0. The van der Waals surface area contributed by atoms with Gasteiger partial charge in [-0.05, 0) is 0 Å². The second-order valence-corrected chi connectivity index (χ2v) is 4.42. The van der Waals surface area contributed by atoms with Gasteiger partial charge in [-0.15, -0.1) is 6.54 Å². The maximum absolute atomic E-state index is 12.0. The third-order valence-corrected chi connectivity index (χ3v) is 3.61. The first-order chi connectivity index (χ1) is 8.68. The number of ether oxygens (including phenoxy) is 3. The van der Waals surface area contributed by atoms with Gasteiger partial charge in [0.25, 0.3) is 0 Å². The molecule has 0 saturated carbocycles. The Hall–Kier alpha value is 2.32. The Morgan fingerprint density at radius 3 is 2.48 bits per heavy atom. The van der Waals surface area contributed by atoms with Crippen LogP contribution in [0.1, 0.15) is 6.42 Å². The van der Waals surface area contributed by atoms with Crippen molar-refractivity contribution in [2.75, 3.05) is 33.9 Å². The molecule has 6 nitrogen and oxygen atoms in total. The van der Waals surface area contributed by atoms with Crippen LogP contribution in [0.5, 0.6) is 0 Å². The van der Waals surface area contributed by atoms with Crippen molar-refractivity contribution in [1.29, 1.82) is 0 Å². The number of fused-ring (bicyclic) bond motifs is 1. The maximum Gasteiger partial charge on any atom is 0.410 e. The fourth-order valence-electron chi connectivity index (χ4n) is 2.70. The van der Waals surface area contributed by atoms with Crippen molar-refractivity contribution in [3.05, 3.63) is 25.4 Å². The first kappa shape index (κ1) is 32.9. The number of nitrogens with zero attached hydrogens (tertiary/aromatic N) is 2. The van der Waals surface area contributed by atoms with Crippen molar-refractivity contribution in [3.8, 4) is 0 Å². The normalized spacial score (nSPS) is 22.8. The number of rotatable bonds is 4. The minimum atomic E-state index is -0.839. The zero-order chi connectivity index (χ0) is 13.2. The molecule has 0 spiro atoms. The average Bonchev–Trinajstić information content (AvgIpc) is 2.97. The van der Waals surface area contributed by atoms with Crippen LogP contribution in [-0.4, -0.2) is 62.8 Å². The summed E-state index contributed by atoms with van der Waals surface area (Å²) in [6, 6.07) is -0.133. The molecule has 0 N–H and O–H groups in total. The molecule has 2 fully saturated rings. The molecule has 2 aliphatic heterocycles. The number of amides is 1. The van der Waals surface area contributed by atoms with E-state index in [-0.39, 0.29) is 136 Å². The van der Waals surface area contributed by atoms with Gasteiger partial charge in [-0.25, -0.2) is 4.79 Å². The van der Waals surface area contributed by atoms with Gasteiger partial charge in [0.1, 0.15) is 6.61 Å². The van der Waals surface area contributed by atoms with Crippen molar-refractivity contribution in [3.63, 3.8) is 0 Å². The van der Waals surface area contributed by atoms with E-state index in [0.717, 1.165) is 13.0 Å². The van der Waals surface area contributed by atoms with Crippen molar-refractivity contribution in [2.24, 2.45) is 0 Å². The molecule has 23 heavy (non-hydrogen) atoms. The third-order valence-electron chi connectivity index (χ3n) is 3.61. The van der Waals surface area contributed by atoms with Gasteiger partial charge in [0.15, 0.2) is 5.79 Å². The molecule has 2 heterocycles. The molecule has 0 aromatic heterocycles. The number of likely N-dealkylation sites (tertiary alicyclic amines) is 1. The van der Waals surface area contributed by atoms with E-state index >= 15 is 0 Å². The predicted octanol–water partition coefficient (Wildman–Crippen LogP) is 1.57. The summed E-state index contributed by atoms with van der Waals surface area (Å²) in [6.45, 7) is 4.79.